The fraction of sp³-hybridized carbons (Fsp3) is 0.350. The van der Waals surface area contributed by atoms with Gasteiger partial charge in [0.1, 0.15) is 0 Å². The van der Waals surface area contributed by atoms with Gasteiger partial charge in [0, 0.05) is 24.3 Å². The Bertz CT molecular complexity index is 870. The standard InChI is InChI=1S/C20H26N2O3S/c1-5-16-9-11-17(12-10-16)21-20(23)19-14-18(13-8-15(19)4)26(24,25)22(6-2)7-3/h8-14H,5-7H2,1-4H3,(H,21,23). The fourth-order valence-corrected chi connectivity index (χ4v) is 4.23. The molecule has 1 amide bonds. The number of nitrogens with one attached hydrogen (secondary N) is 1. The molecule has 0 spiro atoms. The van der Waals surface area contributed by atoms with Crippen LogP contribution in [-0.4, -0.2) is 31.7 Å². The molecule has 140 valence electrons. The number of amides is 1. The third kappa shape index (κ3) is 4.31. The second kappa shape index (κ2) is 8.47. The van der Waals surface area contributed by atoms with Crippen LogP contribution in [0.25, 0.3) is 0 Å². The summed E-state index contributed by atoms with van der Waals surface area (Å²) < 4.78 is 26.8. The molecule has 2 rings (SSSR count). The zero-order chi connectivity index (χ0) is 19.3. The van der Waals surface area contributed by atoms with Gasteiger partial charge in [-0.3, -0.25) is 4.79 Å². The average Bonchev–Trinajstić information content (AvgIpc) is 2.63. The Balaban J connectivity index is 2.32. The smallest absolute Gasteiger partial charge is 0.255 e. The van der Waals surface area contributed by atoms with Gasteiger partial charge in [0.05, 0.1) is 4.90 Å². The van der Waals surface area contributed by atoms with E-state index >= 15 is 0 Å². The summed E-state index contributed by atoms with van der Waals surface area (Å²) in [5.41, 5.74) is 2.96. The highest BCUT2D eigenvalue weighted by Crippen LogP contribution is 2.21. The van der Waals surface area contributed by atoms with Crippen LogP contribution >= 0.6 is 0 Å². The molecule has 0 radical (unpaired) electrons. The summed E-state index contributed by atoms with van der Waals surface area (Å²) in [6.07, 6.45) is 0.929. The lowest BCUT2D eigenvalue weighted by Crippen LogP contribution is -2.30. The lowest BCUT2D eigenvalue weighted by molar-refractivity contribution is 0.102. The Labute approximate surface area is 156 Å². The van der Waals surface area contributed by atoms with Crippen molar-refractivity contribution in [3.63, 3.8) is 0 Å². The third-order valence-corrected chi connectivity index (χ3v) is 6.46. The van der Waals surface area contributed by atoms with E-state index in [0.29, 0.717) is 24.3 Å². The molecular formula is C20H26N2O3S. The van der Waals surface area contributed by atoms with E-state index in [4.69, 9.17) is 0 Å². The molecule has 0 aliphatic heterocycles. The van der Waals surface area contributed by atoms with Crippen molar-refractivity contribution in [2.45, 2.75) is 39.0 Å². The number of sulfonamides is 1. The van der Waals surface area contributed by atoms with Crippen LogP contribution in [0.2, 0.25) is 0 Å². The molecular weight excluding hydrogens is 348 g/mol. The lowest BCUT2D eigenvalue weighted by atomic mass is 10.1. The summed E-state index contributed by atoms with van der Waals surface area (Å²) in [4.78, 5) is 12.8. The maximum absolute atomic E-state index is 12.7. The van der Waals surface area contributed by atoms with Crippen molar-refractivity contribution in [1.29, 1.82) is 0 Å². The number of nitrogens with zero attached hydrogens (tertiary/aromatic N) is 1. The first-order valence-corrected chi connectivity index (χ1v) is 10.3. The molecule has 0 bridgehead atoms. The van der Waals surface area contributed by atoms with E-state index in [1.165, 1.54) is 15.9 Å². The van der Waals surface area contributed by atoms with E-state index in [9.17, 15) is 13.2 Å². The number of carbonyl (C=O) groups is 1. The van der Waals surface area contributed by atoms with E-state index in [0.717, 1.165) is 12.0 Å². The summed E-state index contributed by atoms with van der Waals surface area (Å²) in [7, 11) is -3.60. The molecule has 26 heavy (non-hydrogen) atoms. The highest BCUT2D eigenvalue weighted by molar-refractivity contribution is 7.89. The number of benzene rings is 2. The third-order valence-electron chi connectivity index (χ3n) is 4.42. The molecule has 0 aromatic heterocycles. The molecule has 0 saturated carbocycles. The largest absolute Gasteiger partial charge is 0.322 e. The highest BCUT2D eigenvalue weighted by atomic mass is 32.2. The maximum atomic E-state index is 12.7. The predicted molar refractivity (Wildman–Crippen MR) is 105 cm³/mol. The molecule has 0 heterocycles. The van der Waals surface area contributed by atoms with Crippen LogP contribution in [0.5, 0.6) is 0 Å². The van der Waals surface area contributed by atoms with E-state index in [-0.39, 0.29) is 10.8 Å². The summed E-state index contributed by atoms with van der Waals surface area (Å²) in [6.45, 7) is 8.23. The van der Waals surface area contributed by atoms with Crippen LogP contribution in [0.4, 0.5) is 5.69 Å². The minimum Gasteiger partial charge on any atom is -0.322 e. The average molecular weight is 375 g/mol. The summed E-state index contributed by atoms with van der Waals surface area (Å²) in [5, 5.41) is 2.84. The van der Waals surface area contributed by atoms with E-state index < -0.39 is 10.0 Å². The number of hydrogen-bond donors (Lipinski definition) is 1. The Morgan fingerprint density at radius 1 is 1.00 bits per heavy atom. The van der Waals surface area contributed by atoms with Gasteiger partial charge in [-0.2, -0.15) is 4.31 Å². The van der Waals surface area contributed by atoms with Crippen LogP contribution in [0.15, 0.2) is 47.4 Å². The fourth-order valence-electron chi connectivity index (χ4n) is 2.74. The topological polar surface area (TPSA) is 66.5 Å². The molecule has 0 saturated heterocycles. The second-order valence-corrected chi connectivity index (χ2v) is 8.01. The highest BCUT2D eigenvalue weighted by Gasteiger charge is 2.23. The van der Waals surface area contributed by atoms with Gasteiger partial charge in [-0.1, -0.05) is 39.0 Å². The predicted octanol–water partition coefficient (Wildman–Crippen LogP) is 3.84. The molecule has 0 aliphatic carbocycles. The van der Waals surface area contributed by atoms with Gasteiger partial charge in [0.2, 0.25) is 10.0 Å². The Kier molecular flexibility index (Phi) is 6.56. The number of aryl methyl sites for hydroxylation is 2. The van der Waals surface area contributed by atoms with Gasteiger partial charge in [-0.15, -0.1) is 0 Å². The molecule has 5 nitrogen and oxygen atoms in total. The van der Waals surface area contributed by atoms with Gasteiger partial charge >= 0.3 is 0 Å². The van der Waals surface area contributed by atoms with Gasteiger partial charge in [-0.25, -0.2) is 8.42 Å². The number of hydrogen-bond acceptors (Lipinski definition) is 3. The van der Waals surface area contributed by atoms with Crippen LogP contribution in [-0.2, 0) is 16.4 Å². The van der Waals surface area contributed by atoms with Gasteiger partial charge in [0.15, 0.2) is 0 Å². The number of carbonyl (C=O) groups excluding carboxylic acids is 1. The first-order chi connectivity index (χ1) is 12.3. The van der Waals surface area contributed by atoms with Crippen molar-refractivity contribution in [3.8, 4) is 0 Å². The molecule has 2 aromatic rings. The molecule has 6 heteroatoms. The normalized spacial score (nSPS) is 11.6. The van der Waals surface area contributed by atoms with E-state index in [1.54, 1.807) is 32.9 Å². The monoisotopic (exact) mass is 374 g/mol. The number of anilines is 1. The minimum atomic E-state index is -3.60. The lowest BCUT2D eigenvalue weighted by Gasteiger charge is -2.19. The van der Waals surface area contributed by atoms with Crippen molar-refractivity contribution in [2.75, 3.05) is 18.4 Å². The SMILES string of the molecule is CCc1ccc(NC(=O)c2cc(S(=O)(=O)N(CC)CC)ccc2C)cc1. The van der Waals surface area contributed by atoms with Crippen LogP contribution < -0.4 is 5.32 Å². The zero-order valence-electron chi connectivity index (χ0n) is 15.7. The number of rotatable bonds is 7. The maximum Gasteiger partial charge on any atom is 0.255 e. The van der Waals surface area contributed by atoms with Crippen molar-refractivity contribution >= 4 is 21.6 Å². The quantitative estimate of drug-likeness (QED) is 0.801. The van der Waals surface area contributed by atoms with E-state index in [2.05, 4.69) is 12.2 Å². The van der Waals surface area contributed by atoms with Crippen molar-refractivity contribution in [2.24, 2.45) is 0 Å². The van der Waals surface area contributed by atoms with Gasteiger partial charge in [-0.05, 0) is 48.7 Å². The molecule has 1 N–H and O–H groups in total. The molecule has 0 atom stereocenters. The Morgan fingerprint density at radius 2 is 1.62 bits per heavy atom. The summed E-state index contributed by atoms with van der Waals surface area (Å²) >= 11 is 0. The second-order valence-electron chi connectivity index (χ2n) is 6.07. The first kappa shape index (κ1) is 20.1. The van der Waals surface area contributed by atoms with Crippen LogP contribution in [0.3, 0.4) is 0 Å². The summed E-state index contributed by atoms with van der Waals surface area (Å²) in [6, 6.07) is 12.3. The van der Waals surface area contributed by atoms with Crippen molar-refractivity contribution in [1.82, 2.24) is 4.31 Å². The molecule has 0 aliphatic rings. The summed E-state index contributed by atoms with van der Waals surface area (Å²) in [5.74, 6) is -0.316. The van der Waals surface area contributed by atoms with Crippen molar-refractivity contribution < 1.29 is 13.2 Å². The van der Waals surface area contributed by atoms with E-state index in [1.807, 2.05) is 24.3 Å². The molecule has 0 fully saturated rings. The Morgan fingerprint density at radius 3 is 2.15 bits per heavy atom. The van der Waals surface area contributed by atoms with Gasteiger partial charge in [0.25, 0.3) is 5.91 Å². The zero-order valence-corrected chi connectivity index (χ0v) is 16.6. The minimum absolute atomic E-state index is 0.137. The van der Waals surface area contributed by atoms with Crippen molar-refractivity contribution in [3.05, 3.63) is 59.2 Å². The first-order valence-electron chi connectivity index (χ1n) is 8.84. The molecule has 0 unspecified atom stereocenters. The van der Waals surface area contributed by atoms with Crippen LogP contribution in [0.1, 0.15) is 42.3 Å². The van der Waals surface area contributed by atoms with Crippen LogP contribution in [0, 0.1) is 6.92 Å². The Hall–Kier alpha value is -2.18. The van der Waals surface area contributed by atoms with Gasteiger partial charge < -0.3 is 5.32 Å². The molecule has 2 aromatic carbocycles.